The third-order valence-electron chi connectivity index (χ3n) is 12.5. The molecule has 0 radical (unpaired) electrons. The highest BCUT2D eigenvalue weighted by molar-refractivity contribution is 6.04. The zero-order chi connectivity index (χ0) is 38.2. The molecule has 2 aromatic carbocycles. The van der Waals surface area contributed by atoms with Crippen LogP contribution in [0.15, 0.2) is 24.3 Å². The monoisotopic (exact) mass is 753 g/mol. The Morgan fingerprint density at radius 3 is 2.47 bits per heavy atom. The lowest BCUT2D eigenvalue weighted by Gasteiger charge is -2.42. The van der Waals surface area contributed by atoms with E-state index in [1.807, 2.05) is 4.90 Å². The number of methoxy groups -OCH3 is 1. The quantitative estimate of drug-likeness (QED) is 0.156. The van der Waals surface area contributed by atoms with Gasteiger partial charge in [0.1, 0.15) is 34.0 Å². The third kappa shape index (κ3) is 6.45. The van der Waals surface area contributed by atoms with E-state index < -0.39 is 11.6 Å². The second-order valence-electron chi connectivity index (χ2n) is 16.1. The van der Waals surface area contributed by atoms with Gasteiger partial charge in [-0.25, -0.2) is 13.8 Å². The number of rotatable bonds is 12. The van der Waals surface area contributed by atoms with Crippen LogP contribution < -0.4 is 14.4 Å². The Morgan fingerprint density at radius 1 is 1.05 bits per heavy atom. The van der Waals surface area contributed by atoms with Gasteiger partial charge in [-0.1, -0.05) is 12.0 Å². The number of carbonyl (C=O) groups is 1. The number of hydroxylamine groups is 2. The van der Waals surface area contributed by atoms with Crippen LogP contribution in [-0.4, -0.2) is 120 Å². The average Bonchev–Trinajstić information content (AvgIpc) is 4.07. The van der Waals surface area contributed by atoms with Crippen molar-refractivity contribution in [3.8, 4) is 41.2 Å². The van der Waals surface area contributed by atoms with Crippen LogP contribution in [0.5, 0.6) is 17.6 Å². The molecular formula is C41H45F2N7O5. The van der Waals surface area contributed by atoms with Gasteiger partial charge in [0.25, 0.3) is 0 Å². The van der Waals surface area contributed by atoms with E-state index in [1.165, 1.54) is 37.8 Å². The van der Waals surface area contributed by atoms with Gasteiger partial charge in [-0.15, -0.1) is 6.42 Å². The second-order valence-corrected chi connectivity index (χ2v) is 16.1. The fourth-order valence-corrected chi connectivity index (χ4v) is 9.27. The van der Waals surface area contributed by atoms with E-state index in [-0.39, 0.29) is 74.2 Å². The summed E-state index contributed by atoms with van der Waals surface area (Å²) in [7, 11) is 4.80. The normalized spacial score (nSPS) is 23.7. The zero-order valence-corrected chi connectivity index (χ0v) is 31.4. The van der Waals surface area contributed by atoms with Gasteiger partial charge in [-0.2, -0.15) is 15.0 Å². The number of ether oxygens (including phenoxy) is 2. The average molecular weight is 754 g/mol. The van der Waals surface area contributed by atoms with Crippen LogP contribution in [0.1, 0.15) is 44.1 Å². The summed E-state index contributed by atoms with van der Waals surface area (Å²) in [6.07, 6.45) is 11.2. The summed E-state index contributed by atoms with van der Waals surface area (Å²) < 4.78 is 44.7. The largest absolute Gasteiger partial charge is 0.508 e. The van der Waals surface area contributed by atoms with Crippen molar-refractivity contribution in [2.45, 2.75) is 50.6 Å². The van der Waals surface area contributed by atoms with Crippen molar-refractivity contribution in [1.82, 2.24) is 29.8 Å². The molecule has 5 heterocycles. The summed E-state index contributed by atoms with van der Waals surface area (Å²) in [6.45, 7) is 5.02. The lowest BCUT2D eigenvalue weighted by molar-refractivity contribution is -0.141. The minimum absolute atomic E-state index is 0.00689. The molecule has 4 unspecified atom stereocenters. The van der Waals surface area contributed by atoms with Gasteiger partial charge in [-0.05, 0) is 67.5 Å². The number of amides is 1. The van der Waals surface area contributed by atoms with E-state index in [0.29, 0.717) is 43.9 Å². The molecule has 4 aromatic rings. The summed E-state index contributed by atoms with van der Waals surface area (Å²) in [5.74, 6) is 2.91. The first kappa shape index (κ1) is 35.8. The van der Waals surface area contributed by atoms with Crippen LogP contribution in [0.2, 0.25) is 0 Å². The number of pyridine rings is 1. The van der Waals surface area contributed by atoms with Crippen molar-refractivity contribution in [2.24, 2.45) is 17.3 Å². The molecule has 2 aromatic heterocycles. The van der Waals surface area contributed by atoms with Crippen LogP contribution in [0, 0.1) is 41.2 Å². The number of hydrogen-bond acceptors (Lipinski definition) is 11. The molecule has 2 saturated carbocycles. The molecule has 1 N–H and O–H groups in total. The number of aromatic nitrogens is 3. The first-order valence-corrected chi connectivity index (χ1v) is 19.1. The SMILES string of the molecule is C#Cc1c(F)ccc2cc(O)cc(-c3nc(OC)c4c(N5CC6CCC(C5)N6C(=O)CCN(C)OC)nc(OCC5(CN6CC7CC7C6)CC5)nc4c3F)c12. The number of piperazine rings is 1. The molecule has 2 bridgehead atoms. The number of terminal acetylenes is 1. The highest BCUT2D eigenvalue weighted by Gasteiger charge is 2.51. The molecule has 288 valence electrons. The summed E-state index contributed by atoms with van der Waals surface area (Å²) in [6, 6.07) is 5.32. The predicted octanol–water partition coefficient (Wildman–Crippen LogP) is 4.99. The molecule has 0 spiro atoms. The van der Waals surface area contributed by atoms with Gasteiger partial charge in [0.05, 0.1) is 26.4 Å². The van der Waals surface area contributed by atoms with Crippen LogP contribution >= 0.6 is 0 Å². The Hall–Kier alpha value is -4.84. The van der Waals surface area contributed by atoms with Crippen molar-refractivity contribution < 1.29 is 33.0 Å². The van der Waals surface area contributed by atoms with E-state index in [0.717, 1.165) is 57.2 Å². The number of carbonyl (C=O) groups excluding carboxylic acids is 1. The van der Waals surface area contributed by atoms with Crippen molar-refractivity contribution in [1.29, 1.82) is 0 Å². The van der Waals surface area contributed by atoms with Crippen molar-refractivity contribution in [2.75, 3.05) is 72.0 Å². The fraction of sp³-hybridized carbons (Fsp3) is 0.512. The molecule has 4 atom stereocenters. The van der Waals surface area contributed by atoms with E-state index in [2.05, 4.69) is 25.7 Å². The van der Waals surface area contributed by atoms with Crippen LogP contribution in [0.3, 0.4) is 0 Å². The molecule has 9 rings (SSSR count). The van der Waals surface area contributed by atoms with Gasteiger partial charge in [0.15, 0.2) is 5.82 Å². The van der Waals surface area contributed by atoms with Crippen molar-refractivity contribution in [3.05, 3.63) is 41.5 Å². The number of nitrogens with zero attached hydrogens (tertiary/aromatic N) is 7. The van der Waals surface area contributed by atoms with Gasteiger partial charge in [0, 0.05) is 81.2 Å². The summed E-state index contributed by atoms with van der Waals surface area (Å²) in [4.78, 5) is 39.6. The Balaban J connectivity index is 1.12. The van der Waals surface area contributed by atoms with Gasteiger partial charge < -0.3 is 34.1 Å². The maximum absolute atomic E-state index is 17.3. The molecule has 3 saturated heterocycles. The van der Waals surface area contributed by atoms with Crippen LogP contribution in [0.4, 0.5) is 14.6 Å². The van der Waals surface area contributed by atoms with Crippen LogP contribution in [0.25, 0.3) is 32.9 Å². The Kier molecular flexibility index (Phi) is 8.94. The number of halogens is 2. The number of benzene rings is 2. The number of likely N-dealkylation sites (tertiary alicyclic amines) is 1. The number of anilines is 1. The predicted molar refractivity (Wildman–Crippen MR) is 202 cm³/mol. The Bertz CT molecular complexity index is 2220. The van der Waals surface area contributed by atoms with Crippen LogP contribution in [-0.2, 0) is 9.63 Å². The molecule has 2 aliphatic carbocycles. The van der Waals surface area contributed by atoms with Gasteiger partial charge >= 0.3 is 6.01 Å². The molecular weight excluding hydrogens is 708 g/mol. The number of piperidine rings is 1. The number of hydrogen-bond donors (Lipinski definition) is 1. The lowest BCUT2D eigenvalue weighted by Crippen LogP contribution is -2.56. The van der Waals surface area contributed by atoms with Crippen molar-refractivity contribution >= 4 is 33.4 Å². The number of fused-ring (bicyclic) bond motifs is 5. The Labute approximate surface area is 318 Å². The smallest absolute Gasteiger partial charge is 0.319 e. The first-order valence-electron chi connectivity index (χ1n) is 19.1. The summed E-state index contributed by atoms with van der Waals surface area (Å²) >= 11 is 0. The third-order valence-corrected chi connectivity index (χ3v) is 12.5. The number of aromatic hydroxyl groups is 1. The van der Waals surface area contributed by atoms with Gasteiger partial charge in [0.2, 0.25) is 11.8 Å². The summed E-state index contributed by atoms with van der Waals surface area (Å²) in [5.41, 5.74) is -0.303. The zero-order valence-electron chi connectivity index (χ0n) is 31.4. The van der Waals surface area contributed by atoms with Gasteiger partial charge in [-0.3, -0.25) is 4.79 Å². The highest BCUT2D eigenvalue weighted by Crippen LogP contribution is 2.51. The second kappa shape index (κ2) is 13.7. The topological polar surface area (TPSA) is 117 Å². The van der Waals surface area contributed by atoms with E-state index in [4.69, 9.17) is 25.7 Å². The minimum atomic E-state index is -0.820. The number of phenols is 1. The van der Waals surface area contributed by atoms with Crippen molar-refractivity contribution in [3.63, 3.8) is 0 Å². The molecule has 55 heavy (non-hydrogen) atoms. The maximum atomic E-state index is 17.3. The fourth-order valence-electron chi connectivity index (χ4n) is 9.27. The molecule has 1 amide bonds. The number of phenolic OH excluding ortho intramolecular Hbond substituents is 1. The molecule has 5 fully saturated rings. The maximum Gasteiger partial charge on any atom is 0.319 e. The van der Waals surface area contributed by atoms with E-state index >= 15 is 8.78 Å². The first-order chi connectivity index (χ1) is 26.6. The minimum Gasteiger partial charge on any atom is -0.508 e. The Morgan fingerprint density at radius 2 is 1.80 bits per heavy atom. The highest BCUT2D eigenvalue weighted by atomic mass is 19.1. The molecule has 14 heteroatoms. The molecule has 5 aliphatic rings. The molecule has 12 nitrogen and oxygen atoms in total. The van der Waals surface area contributed by atoms with E-state index in [1.54, 1.807) is 19.2 Å². The summed E-state index contributed by atoms with van der Waals surface area (Å²) in [5, 5.41) is 13.3. The molecule has 3 aliphatic heterocycles. The standard InChI is InChI=1S/C41H45F2N7O5/c1-5-29-31(42)9-6-23-15-28(51)16-30(33(23)29)36-35(43)37-34(39(44-36)53-3)38(49-19-26-7-8-27(20-49)50(26)32(52)10-13-47(2)54-4)46-40(45-37)55-22-41(11-12-41)21-48-17-24-14-25(24)18-48/h1,6,9,15-16,24-27,51H,7-8,10-14,17-22H2,2-4H3. The van der Waals surface area contributed by atoms with E-state index in [9.17, 15) is 9.90 Å². The lowest BCUT2D eigenvalue weighted by atomic mass is 9.95.